The van der Waals surface area contributed by atoms with Gasteiger partial charge in [0.1, 0.15) is 5.75 Å². The van der Waals surface area contributed by atoms with Gasteiger partial charge in [-0.15, -0.1) is 0 Å². The quantitative estimate of drug-likeness (QED) is 0.371. The number of fused-ring (bicyclic) bond motifs is 4. The van der Waals surface area contributed by atoms with Gasteiger partial charge < -0.3 is 19.9 Å². The molecular weight excluding hydrogens is 467 g/mol. The van der Waals surface area contributed by atoms with E-state index in [1.54, 1.807) is 36.4 Å². The Labute approximate surface area is 217 Å². The number of carbonyl (C=O) groups excluding carboxylic acids is 2. The fraction of sp³-hybridized carbons (Fsp3) is 0.400. The molecule has 0 unspecified atom stereocenters. The molecule has 0 bridgehead atoms. The minimum Gasteiger partial charge on any atom is -0.508 e. The maximum Gasteiger partial charge on any atom is 0.455 e. The summed E-state index contributed by atoms with van der Waals surface area (Å²) in [6.45, 7) is 1.93. The van der Waals surface area contributed by atoms with Crippen LogP contribution in [-0.4, -0.2) is 46.6 Å². The van der Waals surface area contributed by atoms with Crippen LogP contribution < -0.4 is 0 Å². The van der Waals surface area contributed by atoms with Gasteiger partial charge in [0.15, 0.2) is 11.6 Å². The summed E-state index contributed by atoms with van der Waals surface area (Å²) in [7, 11) is -1.03. The maximum atomic E-state index is 13.7. The summed E-state index contributed by atoms with van der Waals surface area (Å²) in [6.07, 6.45) is 5.48. The Balaban J connectivity index is 1.45. The van der Waals surface area contributed by atoms with Crippen molar-refractivity contribution in [2.75, 3.05) is 6.61 Å². The molecule has 192 valence electrons. The second kappa shape index (κ2) is 10.8. The largest absolute Gasteiger partial charge is 0.508 e. The Hall–Kier alpha value is -3.00. The lowest BCUT2D eigenvalue weighted by molar-refractivity contribution is 0.0590. The Bertz CT molecular complexity index is 1250. The van der Waals surface area contributed by atoms with Gasteiger partial charge in [0, 0.05) is 23.0 Å². The Morgan fingerprint density at radius 1 is 1.03 bits per heavy atom. The van der Waals surface area contributed by atoms with Crippen LogP contribution in [0.1, 0.15) is 65.3 Å². The van der Waals surface area contributed by atoms with Crippen molar-refractivity contribution in [1.29, 1.82) is 0 Å². The normalized spacial score (nSPS) is 25.6. The summed E-state index contributed by atoms with van der Waals surface area (Å²) in [5.74, 6) is -1.28. The van der Waals surface area contributed by atoms with Gasteiger partial charge in [-0.25, -0.2) is 0 Å². The molecule has 3 aliphatic rings. The zero-order valence-electron chi connectivity index (χ0n) is 21.1. The van der Waals surface area contributed by atoms with Crippen molar-refractivity contribution in [1.82, 2.24) is 0 Å². The number of hydrogen-bond donors (Lipinski definition) is 3. The molecule has 1 fully saturated rings. The second-order valence-corrected chi connectivity index (χ2v) is 10.4. The Morgan fingerprint density at radius 3 is 2.41 bits per heavy atom. The first kappa shape index (κ1) is 25.6. The van der Waals surface area contributed by atoms with E-state index in [2.05, 4.69) is 13.0 Å². The lowest BCUT2D eigenvalue weighted by atomic mass is 9.54. The van der Waals surface area contributed by atoms with E-state index in [4.69, 9.17) is 4.65 Å². The van der Waals surface area contributed by atoms with Crippen LogP contribution in [0, 0.1) is 17.8 Å². The second-order valence-electron chi connectivity index (χ2n) is 10.4. The molecule has 6 nitrogen and oxygen atoms in total. The summed E-state index contributed by atoms with van der Waals surface area (Å²) in [4.78, 5) is 27.1. The van der Waals surface area contributed by atoms with E-state index in [-0.39, 0.29) is 36.2 Å². The summed E-state index contributed by atoms with van der Waals surface area (Å²) < 4.78 is 6.02. The fourth-order valence-electron chi connectivity index (χ4n) is 6.53. The summed E-state index contributed by atoms with van der Waals surface area (Å²) in [6, 6.07) is 14.1. The third kappa shape index (κ3) is 4.96. The third-order valence-electron chi connectivity index (χ3n) is 8.12. The van der Waals surface area contributed by atoms with E-state index >= 15 is 0 Å². The highest BCUT2D eigenvalue weighted by Gasteiger charge is 2.53. The lowest BCUT2D eigenvalue weighted by Crippen LogP contribution is -2.51. The highest BCUT2D eigenvalue weighted by molar-refractivity contribution is 6.43. The molecule has 37 heavy (non-hydrogen) atoms. The first-order chi connectivity index (χ1) is 17.9. The van der Waals surface area contributed by atoms with Gasteiger partial charge in [-0.05, 0) is 66.8 Å². The standard InChI is InChI=1S/C30H33BO6/c1-2-5-18(14-19-8-11-21(33)12-9-19)10-13-26-27-20(17-32)15-24-28(25(27)16-31(36)37-26)30(35)23-7-4-3-6-22(23)29(24)34/h3-4,6-9,11-12,14,24-26,28,32-33,36H,2,5,10,13,15-17H2,1H3/b18-14+/t24-,25+,26-,28-/m1/s1. The van der Waals surface area contributed by atoms with Crippen LogP contribution in [0.5, 0.6) is 5.75 Å². The maximum absolute atomic E-state index is 13.7. The van der Waals surface area contributed by atoms with Gasteiger partial charge in [-0.2, -0.15) is 0 Å². The molecule has 2 aromatic rings. The van der Waals surface area contributed by atoms with E-state index in [1.807, 2.05) is 12.1 Å². The number of benzene rings is 2. The van der Waals surface area contributed by atoms with Crippen molar-refractivity contribution < 1.29 is 29.5 Å². The summed E-state index contributed by atoms with van der Waals surface area (Å²) >= 11 is 0. The van der Waals surface area contributed by atoms with Gasteiger partial charge in [0.2, 0.25) is 0 Å². The highest BCUT2D eigenvalue weighted by atomic mass is 16.5. The van der Waals surface area contributed by atoms with Crippen LogP contribution in [0.25, 0.3) is 6.08 Å². The van der Waals surface area contributed by atoms with E-state index < -0.39 is 25.1 Å². The number of Topliss-reactive ketones (excluding diaryl/α,β-unsaturated/α-hetero) is 2. The van der Waals surface area contributed by atoms with Gasteiger partial charge in [-0.1, -0.05) is 61.4 Å². The van der Waals surface area contributed by atoms with Crippen molar-refractivity contribution >= 4 is 24.8 Å². The molecule has 1 saturated heterocycles. The van der Waals surface area contributed by atoms with Crippen LogP contribution in [0.2, 0.25) is 6.32 Å². The number of phenolic OH excluding ortho intramolecular Hbond substituents is 1. The van der Waals surface area contributed by atoms with Crippen LogP contribution in [0.4, 0.5) is 0 Å². The van der Waals surface area contributed by atoms with Gasteiger partial charge >= 0.3 is 7.12 Å². The van der Waals surface area contributed by atoms with Gasteiger partial charge in [0.25, 0.3) is 0 Å². The number of aromatic hydroxyl groups is 1. The molecule has 0 saturated carbocycles. The number of hydrogen-bond acceptors (Lipinski definition) is 6. The van der Waals surface area contributed by atoms with E-state index in [9.17, 15) is 24.8 Å². The Kier molecular flexibility index (Phi) is 7.47. The average molecular weight is 500 g/mol. The topological polar surface area (TPSA) is 104 Å². The van der Waals surface area contributed by atoms with Crippen molar-refractivity contribution in [2.24, 2.45) is 17.8 Å². The molecule has 3 N–H and O–H groups in total. The lowest BCUT2D eigenvalue weighted by Gasteiger charge is -2.47. The highest BCUT2D eigenvalue weighted by Crippen LogP contribution is 2.50. The number of rotatable bonds is 7. The van der Waals surface area contributed by atoms with Crippen LogP contribution >= 0.6 is 0 Å². The minimum absolute atomic E-state index is 0.0496. The summed E-state index contributed by atoms with van der Waals surface area (Å²) in [5.41, 5.74) is 4.82. The predicted molar refractivity (Wildman–Crippen MR) is 142 cm³/mol. The average Bonchev–Trinajstić information content (AvgIpc) is 2.90. The molecule has 0 aromatic heterocycles. The zero-order chi connectivity index (χ0) is 26.1. The van der Waals surface area contributed by atoms with E-state index in [1.165, 1.54) is 5.57 Å². The molecule has 4 atom stereocenters. The van der Waals surface area contributed by atoms with Crippen molar-refractivity contribution in [3.63, 3.8) is 0 Å². The van der Waals surface area contributed by atoms with Gasteiger partial charge in [0.05, 0.1) is 12.7 Å². The van der Waals surface area contributed by atoms with Crippen LogP contribution in [0.3, 0.4) is 0 Å². The minimum atomic E-state index is -1.03. The number of allylic oxidation sites excluding steroid dienone is 1. The van der Waals surface area contributed by atoms with Gasteiger partial charge in [-0.3, -0.25) is 9.59 Å². The molecule has 0 spiro atoms. The molecule has 7 heteroatoms. The molecule has 1 heterocycles. The first-order valence-corrected chi connectivity index (χ1v) is 13.2. The molecule has 1 aliphatic heterocycles. The molecule has 2 aromatic carbocycles. The third-order valence-corrected chi connectivity index (χ3v) is 8.12. The van der Waals surface area contributed by atoms with Crippen molar-refractivity contribution in [3.05, 3.63) is 81.9 Å². The number of ketones is 2. The van der Waals surface area contributed by atoms with Crippen LogP contribution in [-0.2, 0) is 4.65 Å². The molecule has 5 rings (SSSR count). The number of aliphatic hydroxyl groups excluding tert-OH is 1. The van der Waals surface area contributed by atoms with Crippen molar-refractivity contribution in [2.45, 2.75) is 51.5 Å². The van der Waals surface area contributed by atoms with E-state index in [0.29, 0.717) is 24.0 Å². The summed E-state index contributed by atoms with van der Waals surface area (Å²) in [5, 5.41) is 30.6. The predicted octanol–water partition coefficient (Wildman–Crippen LogP) is 4.86. The molecule has 0 amide bonds. The number of phenols is 1. The van der Waals surface area contributed by atoms with E-state index in [0.717, 1.165) is 36.0 Å². The SMILES string of the molecule is CCC/C(=C\c1ccc(O)cc1)CC[C@H]1OB(O)C[C@H]2C1=C(CO)C[C@H]1C(=O)c3ccccc3C(=O)[C@H]12. The van der Waals surface area contributed by atoms with Crippen molar-refractivity contribution in [3.8, 4) is 5.75 Å². The zero-order valence-corrected chi connectivity index (χ0v) is 21.1. The number of carbonyl (C=O) groups is 2. The molecular formula is C30H33BO6. The smallest absolute Gasteiger partial charge is 0.455 e. The fourth-order valence-corrected chi connectivity index (χ4v) is 6.53. The number of aliphatic hydroxyl groups is 1. The molecule has 2 aliphatic carbocycles. The van der Waals surface area contributed by atoms with Crippen LogP contribution in [0.15, 0.2) is 65.3 Å². The first-order valence-electron chi connectivity index (χ1n) is 13.2. The molecule has 0 radical (unpaired) electrons. The Morgan fingerprint density at radius 2 is 1.73 bits per heavy atom. The monoisotopic (exact) mass is 500 g/mol.